The highest BCUT2D eigenvalue weighted by Gasteiger charge is 2.22. The first-order valence-electron chi connectivity index (χ1n) is 7.62. The summed E-state index contributed by atoms with van der Waals surface area (Å²) in [6.45, 7) is 5.81. The number of aromatic nitrogens is 2. The van der Waals surface area contributed by atoms with Gasteiger partial charge in [0.25, 0.3) is 11.8 Å². The molecule has 0 fully saturated rings. The van der Waals surface area contributed by atoms with E-state index in [0.717, 1.165) is 6.42 Å². The molecule has 7 heteroatoms. The normalized spacial score (nSPS) is 10.3. The molecule has 0 radical (unpaired) electrons. The number of carbonyl (C=O) groups is 2. The zero-order valence-corrected chi connectivity index (χ0v) is 13.8. The molecule has 1 heterocycles. The highest BCUT2D eigenvalue weighted by atomic mass is 19.1. The number of hydrogen-bond donors (Lipinski definition) is 2. The average molecular weight is 330 g/mol. The van der Waals surface area contributed by atoms with E-state index in [1.165, 1.54) is 18.2 Å². The molecule has 0 aliphatic carbocycles. The van der Waals surface area contributed by atoms with E-state index in [9.17, 15) is 14.0 Å². The van der Waals surface area contributed by atoms with E-state index in [2.05, 4.69) is 20.6 Å². The number of hydrogen-bond acceptors (Lipinski definition) is 4. The molecule has 126 valence electrons. The van der Waals surface area contributed by atoms with Gasteiger partial charge in [-0.1, -0.05) is 13.0 Å². The van der Waals surface area contributed by atoms with Crippen molar-refractivity contribution in [2.24, 2.45) is 0 Å². The van der Waals surface area contributed by atoms with E-state index >= 15 is 0 Å². The lowest BCUT2D eigenvalue weighted by atomic mass is 10.2. The lowest BCUT2D eigenvalue weighted by Crippen LogP contribution is -2.30. The maximum absolute atomic E-state index is 13.2. The number of benzene rings is 1. The Morgan fingerprint density at radius 3 is 2.29 bits per heavy atom. The molecular formula is C17H19FN4O2. The van der Waals surface area contributed by atoms with Gasteiger partial charge >= 0.3 is 0 Å². The molecule has 0 atom stereocenters. The van der Waals surface area contributed by atoms with Crippen molar-refractivity contribution in [3.63, 3.8) is 0 Å². The molecule has 2 rings (SSSR count). The summed E-state index contributed by atoms with van der Waals surface area (Å²) in [4.78, 5) is 33.1. The maximum Gasteiger partial charge on any atom is 0.276 e. The minimum Gasteiger partial charge on any atom is -0.351 e. The minimum absolute atomic E-state index is 0.0412. The summed E-state index contributed by atoms with van der Waals surface area (Å²) in [7, 11) is 0. The molecular weight excluding hydrogens is 311 g/mol. The Hall–Kier alpha value is -2.83. The molecule has 0 aliphatic rings. The van der Waals surface area contributed by atoms with Crippen molar-refractivity contribution >= 4 is 17.5 Å². The standard InChI is InChI=1S/C17H19FN4O2/c1-4-8-19-16(23)14-15(21-11(3)10(2)20-14)17(24)22-13-7-5-6-12(18)9-13/h5-7,9H,4,8H2,1-3H3,(H,19,23)(H,22,24). The number of amides is 2. The fourth-order valence-corrected chi connectivity index (χ4v) is 2.00. The zero-order chi connectivity index (χ0) is 17.7. The lowest BCUT2D eigenvalue weighted by molar-refractivity contribution is 0.0932. The van der Waals surface area contributed by atoms with Crippen LogP contribution in [0.25, 0.3) is 0 Å². The van der Waals surface area contributed by atoms with Crippen LogP contribution in [0.15, 0.2) is 24.3 Å². The summed E-state index contributed by atoms with van der Waals surface area (Å²) in [6, 6.07) is 5.48. The van der Waals surface area contributed by atoms with Gasteiger partial charge in [0, 0.05) is 12.2 Å². The van der Waals surface area contributed by atoms with Gasteiger partial charge in [0.15, 0.2) is 11.4 Å². The molecule has 0 spiro atoms. The molecule has 0 saturated heterocycles. The van der Waals surface area contributed by atoms with Crippen LogP contribution < -0.4 is 10.6 Å². The van der Waals surface area contributed by atoms with Crippen molar-refractivity contribution in [1.29, 1.82) is 0 Å². The highest BCUT2D eigenvalue weighted by Crippen LogP contribution is 2.13. The van der Waals surface area contributed by atoms with Crippen molar-refractivity contribution in [2.75, 3.05) is 11.9 Å². The zero-order valence-electron chi connectivity index (χ0n) is 13.8. The largest absolute Gasteiger partial charge is 0.351 e. The van der Waals surface area contributed by atoms with E-state index in [-0.39, 0.29) is 17.1 Å². The van der Waals surface area contributed by atoms with Crippen LogP contribution in [0.4, 0.5) is 10.1 Å². The Balaban J connectivity index is 2.35. The van der Waals surface area contributed by atoms with Crippen LogP contribution in [0.3, 0.4) is 0 Å². The third-order valence-corrected chi connectivity index (χ3v) is 3.36. The van der Waals surface area contributed by atoms with Gasteiger partial charge in [-0.2, -0.15) is 0 Å². The third kappa shape index (κ3) is 4.13. The Morgan fingerprint density at radius 2 is 1.71 bits per heavy atom. The fourth-order valence-electron chi connectivity index (χ4n) is 2.00. The van der Waals surface area contributed by atoms with E-state index in [1.807, 2.05) is 6.92 Å². The van der Waals surface area contributed by atoms with E-state index in [1.54, 1.807) is 19.9 Å². The number of rotatable bonds is 5. The molecule has 6 nitrogen and oxygen atoms in total. The van der Waals surface area contributed by atoms with Crippen LogP contribution >= 0.6 is 0 Å². The SMILES string of the molecule is CCCNC(=O)c1nc(C)c(C)nc1C(=O)Nc1cccc(F)c1. The first-order valence-corrected chi connectivity index (χ1v) is 7.62. The second kappa shape index (κ2) is 7.63. The van der Waals surface area contributed by atoms with E-state index < -0.39 is 17.6 Å². The number of nitrogens with zero attached hydrogens (tertiary/aromatic N) is 2. The van der Waals surface area contributed by atoms with Crippen LogP contribution in [0.1, 0.15) is 45.7 Å². The predicted molar refractivity (Wildman–Crippen MR) is 88.5 cm³/mol. The van der Waals surface area contributed by atoms with Gasteiger partial charge in [0.2, 0.25) is 0 Å². The van der Waals surface area contributed by atoms with Crippen LogP contribution in [-0.4, -0.2) is 28.3 Å². The summed E-state index contributed by atoms with van der Waals surface area (Å²) in [5.74, 6) is -1.55. The Kier molecular flexibility index (Phi) is 5.57. The van der Waals surface area contributed by atoms with Crippen LogP contribution in [0, 0.1) is 19.7 Å². The lowest BCUT2D eigenvalue weighted by Gasteiger charge is -2.11. The smallest absolute Gasteiger partial charge is 0.276 e. The topological polar surface area (TPSA) is 84.0 Å². The molecule has 2 aromatic rings. The number of halogens is 1. The minimum atomic E-state index is -0.613. The maximum atomic E-state index is 13.2. The summed E-state index contributed by atoms with van der Waals surface area (Å²) in [5.41, 5.74) is 1.27. The molecule has 2 amide bonds. The molecule has 0 unspecified atom stereocenters. The average Bonchev–Trinajstić information content (AvgIpc) is 2.54. The van der Waals surface area contributed by atoms with Gasteiger partial charge < -0.3 is 10.6 Å². The Morgan fingerprint density at radius 1 is 1.08 bits per heavy atom. The van der Waals surface area contributed by atoms with E-state index in [0.29, 0.717) is 17.9 Å². The fraction of sp³-hybridized carbons (Fsp3) is 0.294. The second-order valence-electron chi connectivity index (χ2n) is 5.31. The number of aryl methyl sites for hydroxylation is 2. The first-order chi connectivity index (χ1) is 11.4. The van der Waals surface area contributed by atoms with Crippen molar-refractivity contribution in [1.82, 2.24) is 15.3 Å². The molecule has 24 heavy (non-hydrogen) atoms. The summed E-state index contributed by atoms with van der Waals surface area (Å²) < 4.78 is 13.2. The van der Waals surface area contributed by atoms with Gasteiger partial charge in [0.05, 0.1) is 11.4 Å². The van der Waals surface area contributed by atoms with Gasteiger partial charge in [-0.15, -0.1) is 0 Å². The van der Waals surface area contributed by atoms with Crippen LogP contribution in [0.5, 0.6) is 0 Å². The summed E-state index contributed by atoms with van der Waals surface area (Å²) in [6.07, 6.45) is 0.759. The molecule has 0 saturated carbocycles. The Bertz CT molecular complexity index is 777. The molecule has 0 aliphatic heterocycles. The molecule has 1 aromatic carbocycles. The Labute approximate surface area is 139 Å². The number of anilines is 1. The predicted octanol–water partition coefficient (Wildman–Crippen LogP) is 2.62. The van der Waals surface area contributed by atoms with Crippen LogP contribution in [-0.2, 0) is 0 Å². The van der Waals surface area contributed by atoms with Gasteiger partial charge in [-0.25, -0.2) is 14.4 Å². The highest BCUT2D eigenvalue weighted by molar-refractivity contribution is 6.10. The van der Waals surface area contributed by atoms with Crippen LogP contribution in [0.2, 0.25) is 0 Å². The van der Waals surface area contributed by atoms with Gasteiger partial charge in [0.1, 0.15) is 5.82 Å². The second-order valence-corrected chi connectivity index (χ2v) is 5.31. The quantitative estimate of drug-likeness (QED) is 0.883. The number of nitrogens with one attached hydrogen (secondary N) is 2. The van der Waals surface area contributed by atoms with E-state index in [4.69, 9.17) is 0 Å². The van der Waals surface area contributed by atoms with Gasteiger partial charge in [-0.3, -0.25) is 9.59 Å². The number of carbonyl (C=O) groups excluding carboxylic acids is 2. The molecule has 2 N–H and O–H groups in total. The monoisotopic (exact) mass is 330 g/mol. The van der Waals surface area contributed by atoms with Crippen molar-refractivity contribution in [2.45, 2.75) is 27.2 Å². The molecule has 0 bridgehead atoms. The third-order valence-electron chi connectivity index (χ3n) is 3.36. The molecule has 1 aromatic heterocycles. The summed E-state index contributed by atoms with van der Waals surface area (Å²) >= 11 is 0. The summed E-state index contributed by atoms with van der Waals surface area (Å²) in [5, 5.41) is 5.22. The van der Waals surface area contributed by atoms with Crippen molar-refractivity contribution < 1.29 is 14.0 Å². The van der Waals surface area contributed by atoms with Gasteiger partial charge in [-0.05, 0) is 38.5 Å². The van der Waals surface area contributed by atoms with Crippen molar-refractivity contribution in [3.8, 4) is 0 Å². The van der Waals surface area contributed by atoms with Crippen molar-refractivity contribution in [3.05, 3.63) is 52.9 Å². The first kappa shape index (κ1) is 17.5.